The van der Waals surface area contributed by atoms with E-state index in [1.165, 1.54) is 0 Å². The summed E-state index contributed by atoms with van der Waals surface area (Å²) in [5.41, 5.74) is 7.00. The van der Waals surface area contributed by atoms with Crippen molar-refractivity contribution in [2.75, 3.05) is 18.4 Å². The van der Waals surface area contributed by atoms with Gasteiger partial charge in [-0.15, -0.1) is 0 Å². The Bertz CT molecular complexity index is 544. The van der Waals surface area contributed by atoms with E-state index >= 15 is 0 Å². The third kappa shape index (κ3) is 5.63. The van der Waals surface area contributed by atoms with Crippen LogP contribution in [0.2, 0.25) is 0 Å². The van der Waals surface area contributed by atoms with Crippen molar-refractivity contribution < 1.29 is 18.0 Å². The molecule has 0 spiro atoms. The highest BCUT2D eigenvalue weighted by molar-refractivity contribution is 5.90. The molecule has 20 heavy (non-hydrogen) atoms. The molecule has 4 N–H and O–H groups in total. The van der Waals surface area contributed by atoms with E-state index in [2.05, 4.69) is 17.2 Å². The quantitative estimate of drug-likeness (QED) is 0.727. The number of rotatable bonds is 2. The van der Waals surface area contributed by atoms with Crippen molar-refractivity contribution in [2.45, 2.75) is 13.1 Å². The topological polar surface area (TPSA) is 67.2 Å². The van der Waals surface area contributed by atoms with E-state index in [9.17, 15) is 18.0 Å². The molecule has 108 valence electrons. The second-order valence-corrected chi connectivity index (χ2v) is 3.98. The molecule has 4 nitrogen and oxygen atoms in total. The highest BCUT2D eigenvalue weighted by Gasteiger charge is 2.27. The van der Waals surface area contributed by atoms with Crippen molar-refractivity contribution in [3.05, 3.63) is 29.3 Å². The average molecular weight is 285 g/mol. The number of hydrogen-bond donors (Lipinski definition) is 3. The number of benzene rings is 1. The number of halogens is 3. The first-order valence-electron chi connectivity index (χ1n) is 5.73. The van der Waals surface area contributed by atoms with Gasteiger partial charge in [-0.25, -0.2) is 4.79 Å². The molecule has 0 saturated carbocycles. The monoisotopic (exact) mass is 285 g/mol. The standard InChI is InChI=1S/C13H14F3N3O/c1-9-4-5-11(10(7-9)3-2-6-17)19-12(20)18-8-13(14,15)16/h4-5,7H,6,8,17H2,1H3,(H2,18,19,20). The lowest BCUT2D eigenvalue weighted by molar-refractivity contribution is -0.122. The molecular weight excluding hydrogens is 271 g/mol. The number of anilines is 1. The van der Waals surface area contributed by atoms with Crippen LogP contribution >= 0.6 is 0 Å². The minimum absolute atomic E-state index is 0.146. The van der Waals surface area contributed by atoms with E-state index in [4.69, 9.17) is 5.73 Å². The second kappa shape index (κ2) is 6.82. The highest BCUT2D eigenvalue weighted by Crippen LogP contribution is 2.17. The maximum absolute atomic E-state index is 12.0. The summed E-state index contributed by atoms with van der Waals surface area (Å²) in [6, 6.07) is 4.06. The molecule has 1 rings (SSSR count). The Morgan fingerprint density at radius 1 is 1.40 bits per heavy atom. The summed E-state index contributed by atoms with van der Waals surface area (Å²) in [5.74, 6) is 5.38. The Hall–Kier alpha value is -2.20. The molecule has 0 heterocycles. The Balaban J connectivity index is 2.79. The molecule has 0 bridgehead atoms. The third-order valence-electron chi connectivity index (χ3n) is 2.20. The Kier molecular flexibility index (Phi) is 5.41. The molecule has 0 atom stereocenters. The fourth-order valence-corrected chi connectivity index (χ4v) is 1.36. The highest BCUT2D eigenvalue weighted by atomic mass is 19.4. The van der Waals surface area contributed by atoms with E-state index in [-0.39, 0.29) is 6.54 Å². The first kappa shape index (κ1) is 15.9. The molecule has 0 radical (unpaired) electrons. The Labute approximate surface area is 114 Å². The molecule has 0 aromatic heterocycles. The molecule has 1 aromatic rings. The van der Waals surface area contributed by atoms with Crippen LogP contribution in [0.1, 0.15) is 11.1 Å². The summed E-state index contributed by atoms with van der Waals surface area (Å²) >= 11 is 0. The molecule has 0 aliphatic heterocycles. The zero-order valence-electron chi connectivity index (χ0n) is 10.8. The van der Waals surface area contributed by atoms with E-state index in [0.29, 0.717) is 11.3 Å². The van der Waals surface area contributed by atoms with E-state index in [1.807, 2.05) is 6.92 Å². The summed E-state index contributed by atoms with van der Waals surface area (Å²) in [6.07, 6.45) is -4.45. The van der Waals surface area contributed by atoms with E-state index < -0.39 is 18.8 Å². The van der Waals surface area contributed by atoms with Crippen LogP contribution in [-0.4, -0.2) is 25.3 Å². The van der Waals surface area contributed by atoms with Crippen molar-refractivity contribution in [2.24, 2.45) is 5.73 Å². The number of amides is 2. The lowest BCUT2D eigenvalue weighted by Gasteiger charge is -2.11. The fourth-order valence-electron chi connectivity index (χ4n) is 1.36. The Morgan fingerprint density at radius 2 is 2.10 bits per heavy atom. The van der Waals surface area contributed by atoms with Crippen molar-refractivity contribution in [3.63, 3.8) is 0 Å². The normalized spacial score (nSPS) is 10.4. The fraction of sp³-hybridized carbons (Fsp3) is 0.308. The van der Waals surface area contributed by atoms with Gasteiger partial charge in [0.1, 0.15) is 6.54 Å². The number of nitrogens with two attached hydrogens (primary N) is 1. The van der Waals surface area contributed by atoms with Crippen LogP contribution in [0.5, 0.6) is 0 Å². The molecule has 7 heteroatoms. The number of carbonyl (C=O) groups is 1. The number of urea groups is 1. The largest absolute Gasteiger partial charge is 0.405 e. The van der Waals surface area contributed by atoms with Crippen molar-refractivity contribution in [3.8, 4) is 11.8 Å². The van der Waals surface area contributed by atoms with Gasteiger partial charge in [-0.2, -0.15) is 13.2 Å². The molecular formula is C13H14F3N3O. The van der Waals surface area contributed by atoms with Gasteiger partial charge in [0, 0.05) is 5.56 Å². The SMILES string of the molecule is Cc1ccc(NC(=O)NCC(F)(F)F)c(C#CCN)c1. The molecule has 1 aromatic carbocycles. The summed E-state index contributed by atoms with van der Waals surface area (Å²) in [6.45, 7) is 0.587. The zero-order chi connectivity index (χ0) is 15.2. The number of alkyl halides is 3. The van der Waals surface area contributed by atoms with Gasteiger partial charge in [0.2, 0.25) is 0 Å². The molecule has 2 amide bonds. The number of nitrogens with one attached hydrogen (secondary N) is 2. The molecule has 0 saturated heterocycles. The lowest BCUT2D eigenvalue weighted by Crippen LogP contribution is -2.36. The van der Waals surface area contributed by atoms with Gasteiger partial charge >= 0.3 is 12.2 Å². The van der Waals surface area contributed by atoms with Crippen LogP contribution in [0.25, 0.3) is 0 Å². The maximum atomic E-state index is 12.0. The molecule has 0 aliphatic rings. The van der Waals surface area contributed by atoms with Crippen molar-refractivity contribution in [1.82, 2.24) is 5.32 Å². The van der Waals surface area contributed by atoms with Crippen LogP contribution in [0, 0.1) is 18.8 Å². The maximum Gasteiger partial charge on any atom is 0.405 e. The van der Waals surface area contributed by atoms with Gasteiger partial charge in [-0.1, -0.05) is 17.9 Å². The van der Waals surface area contributed by atoms with Gasteiger partial charge in [-0.3, -0.25) is 0 Å². The van der Waals surface area contributed by atoms with Crippen molar-refractivity contribution in [1.29, 1.82) is 0 Å². The van der Waals surface area contributed by atoms with Gasteiger partial charge < -0.3 is 16.4 Å². The molecule has 0 unspecified atom stereocenters. The van der Waals surface area contributed by atoms with Gasteiger partial charge in [0.15, 0.2) is 0 Å². The lowest BCUT2D eigenvalue weighted by atomic mass is 10.1. The average Bonchev–Trinajstić information content (AvgIpc) is 2.36. The first-order chi connectivity index (χ1) is 9.31. The summed E-state index contributed by atoms with van der Waals surface area (Å²) < 4.78 is 35.9. The Morgan fingerprint density at radius 3 is 2.70 bits per heavy atom. The number of hydrogen-bond acceptors (Lipinski definition) is 2. The van der Waals surface area contributed by atoms with Crippen LogP contribution in [0.4, 0.5) is 23.7 Å². The second-order valence-electron chi connectivity index (χ2n) is 3.98. The van der Waals surface area contributed by atoms with Gasteiger partial charge in [0.05, 0.1) is 12.2 Å². The summed E-state index contributed by atoms with van der Waals surface area (Å²) in [4.78, 5) is 11.4. The van der Waals surface area contributed by atoms with Crippen molar-refractivity contribution >= 4 is 11.7 Å². The third-order valence-corrected chi connectivity index (χ3v) is 2.20. The predicted molar refractivity (Wildman–Crippen MR) is 70.2 cm³/mol. The minimum Gasteiger partial charge on any atom is -0.329 e. The number of carbonyl (C=O) groups excluding carboxylic acids is 1. The van der Waals surface area contributed by atoms with E-state index in [1.54, 1.807) is 23.5 Å². The van der Waals surface area contributed by atoms with Crippen LogP contribution in [0.15, 0.2) is 18.2 Å². The molecule has 0 fully saturated rings. The summed E-state index contributed by atoms with van der Waals surface area (Å²) in [5, 5.41) is 4.05. The first-order valence-corrected chi connectivity index (χ1v) is 5.73. The van der Waals surface area contributed by atoms with Gasteiger partial charge in [-0.05, 0) is 24.6 Å². The van der Waals surface area contributed by atoms with Crippen LogP contribution in [-0.2, 0) is 0 Å². The zero-order valence-corrected chi connectivity index (χ0v) is 10.8. The molecule has 0 aliphatic carbocycles. The predicted octanol–water partition coefficient (Wildman–Crippen LogP) is 1.99. The van der Waals surface area contributed by atoms with Crippen LogP contribution < -0.4 is 16.4 Å². The van der Waals surface area contributed by atoms with Crippen LogP contribution in [0.3, 0.4) is 0 Å². The minimum atomic E-state index is -4.45. The van der Waals surface area contributed by atoms with Gasteiger partial charge in [0.25, 0.3) is 0 Å². The van der Waals surface area contributed by atoms with E-state index in [0.717, 1.165) is 5.56 Å². The smallest absolute Gasteiger partial charge is 0.329 e. The summed E-state index contributed by atoms with van der Waals surface area (Å²) in [7, 11) is 0. The number of aryl methyl sites for hydroxylation is 1.